The van der Waals surface area contributed by atoms with Gasteiger partial charge in [0, 0.05) is 37.2 Å². The van der Waals surface area contributed by atoms with E-state index in [2.05, 4.69) is 21.5 Å². The van der Waals surface area contributed by atoms with Gasteiger partial charge in [0.05, 0.1) is 30.3 Å². The second kappa shape index (κ2) is 10.3. The number of carbonyl (C=O) groups excluding carboxylic acids is 1. The Morgan fingerprint density at radius 2 is 2.03 bits per heavy atom. The predicted octanol–water partition coefficient (Wildman–Crippen LogP) is 4.39. The Morgan fingerprint density at radius 1 is 1.27 bits per heavy atom. The summed E-state index contributed by atoms with van der Waals surface area (Å²) in [4.78, 5) is 24.4. The quantitative estimate of drug-likeness (QED) is 0.374. The molecule has 1 aliphatic heterocycles. The average Bonchev–Trinajstić information content (AvgIpc) is 3.44. The van der Waals surface area contributed by atoms with Crippen molar-refractivity contribution in [1.82, 2.24) is 29.0 Å². The van der Waals surface area contributed by atoms with Gasteiger partial charge in [-0.3, -0.25) is 9.08 Å². The molecular weight excluding hydrogens is 488 g/mol. The summed E-state index contributed by atoms with van der Waals surface area (Å²) in [6.45, 7) is 10.6. The highest BCUT2D eigenvalue weighted by atomic mass is 32.1. The zero-order chi connectivity index (χ0) is 26.9. The van der Waals surface area contributed by atoms with E-state index in [-0.39, 0.29) is 12.0 Å². The lowest BCUT2D eigenvalue weighted by Crippen LogP contribution is -2.39. The largest absolute Gasteiger partial charge is 0.444 e. The molecule has 3 N–H and O–H groups in total. The monoisotopic (exact) mass is 522 g/mol. The molecule has 3 aromatic rings. The molecule has 37 heavy (non-hydrogen) atoms. The Labute approximate surface area is 222 Å². The van der Waals surface area contributed by atoms with Gasteiger partial charge in [0.25, 0.3) is 0 Å². The third-order valence-electron chi connectivity index (χ3n) is 5.83. The summed E-state index contributed by atoms with van der Waals surface area (Å²) in [5.41, 5.74) is 10.2. The Hall–Kier alpha value is -3.73. The number of carbonyl (C=O) groups is 1. The Kier molecular flexibility index (Phi) is 7.35. The van der Waals surface area contributed by atoms with E-state index < -0.39 is 5.60 Å². The van der Waals surface area contributed by atoms with E-state index in [1.54, 1.807) is 28.1 Å². The van der Waals surface area contributed by atoms with Gasteiger partial charge in [0.2, 0.25) is 0 Å². The third kappa shape index (κ3) is 6.16. The summed E-state index contributed by atoms with van der Waals surface area (Å²) in [5, 5.41) is 7.52. The molecule has 0 fully saturated rings. The molecule has 0 bridgehead atoms. The molecule has 0 aliphatic carbocycles. The van der Waals surface area contributed by atoms with E-state index in [1.807, 2.05) is 58.5 Å². The van der Waals surface area contributed by atoms with Crippen molar-refractivity contribution in [2.75, 3.05) is 18.4 Å². The number of hydrogen-bond donors (Lipinski definition) is 2. The second-order valence-electron chi connectivity index (χ2n) is 10.4. The zero-order valence-corrected chi connectivity index (χ0v) is 23.0. The summed E-state index contributed by atoms with van der Waals surface area (Å²) in [7, 11) is 1.87. The maximum atomic E-state index is 12.8. The molecule has 11 heteroatoms. The topological polar surface area (TPSA) is 116 Å². The highest BCUT2D eigenvalue weighted by Gasteiger charge is 2.26. The van der Waals surface area contributed by atoms with Crippen LogP contribution < -0.4 is 11.1 Å². The van der Waals surface area contributed by atoms with Crippen LogP contribution in [0.5, 0.6) is 0 Å². The molecule has 4 heterocycles. The van der Waals surface area contributed by atoms with Crippen molar-refractivity contribution in [3.8, 4) is 11.3 Å². The SMILES string of the molecule is CC(C)C(N)=CC(=S)Nc1nc(C2=CCCN(C(=O)OC(C)(C)C)C2)cn2c(-c3cnn(C)c3)cnc12. The zero-order valence-electron chi connectivity index (χ0n) is 22.1. The van der Waals surface area contributed by atoms with Gasteiger partial charge in [-0.05, 0) is 44.8 Å². The van der Waals surface area contributed by atoms with Gasteiger partial charge in [0.15, 0.2) is 11.5 Å². The number of aryl methyl sites for hydroxylation is 1. The first kappa shape index (κ1) is 26.3. The van der Waals surface area contributed by atoms with Crippen LogP contribution in [0.1, 0.15) is 46.7 Å². The van der Waals surface area contributed by atoms with Gasteiger partial charge in [0.1, 0.15) is 10.6 Å². The van der Waals surface area contributed by atoms with Crippen LogP contribution in [0.15, 0.2) is 42.6 Å². The number of hydrogen-bond acceptors (Lipinski definition) is 7. The van der Waals surface area contributed by atoms with Crippen molar-refractivity contribution < 1.29 is 9.53 Å². The van der Waals surface area contributed by atoms with Crippen LogP contribution in [0, 0.1) is 5.92 Å². The van der Waals surface area contributed by atoms with Crippen molar-refractivity contribution in [3.63, 3.8) is 0 Å². The lowest BCUT2D eigenvalue weighted by atomic mass is 10.1. The van der Waals surface area contributed by atoms with Crippen molar-refractivity contribution in [1.29, 1.82) is 0 Å². The van der Waals surface area contributed by atoms with Crippen LogP contribution in [0.4, 0.5) is 10.6 Å². The summed E-state index contributed by atoms with van der Waals surface area (Å²) in [5.74, 6) is 0.662. The Bertz CT molecular complexity index is 1390. The fourth-order valence-electron chi connectivity index (χ4n) is 3.88. The van der Waals surface area contributed by atoms with E-state index in [0.29, 0.717) is 47.4 Å². The van der Waals surface area contributed by atoms with Crippen molar-refractivity contribution in [3.05, 3.63) is 48.3 Å². The molecule has 0 radical (unpaired) electrons. The number of imidazole rings is 1. The van der Waals surface area contributed by atoms with Crippen LogP contribution in [-0.2, 0) is 11.8 Å². The van der Waals surface area contributed by atoms with E-state index in [9.17, 15) is 4.79 Å². The smallest absolute Gasteiger partial charge is 0.410 e. The van der Waals surface area contributed by atoms with Gasteiger partial charge >= 0.3 is 6.09 Å². The molecular formula is C26H34N8O2S. The van der Waals surface area contributed by atoms with Gasteiger partial charge in [-0.25, -0.2) is 14.8 Å². The molecule has 0 aromatic carbocycles. The Balaban J connectivity index is 1.75. The molecule has 1 amide bonds. The highest BCUT2D eigenvalue weighted by Crippen LogP contribution is 2.28. The number of ether oxygens (including phenoxy) is 1. The number of thiocarbonyl (C=S) groups is 1. The van der Waals surface area contributed by atoms with Crippen molar-refractivity contribution >= 4 is 40.3 Å². The highest BCUT2D eigenvalue weighted by molar-refractivity contribution is 7.81. The number of fused-ring (bicyclic) bond motifs is 1. The molecule has 196 valence electrons. The minimum Gasteiger partial charge on any atom is -0.444 e. The number of allylic oxidation sites excluding steroid dienone is 1. The predicted molar refractivity (Wildman–Crippen MR) is 149 cm³/mol. The number of nitrogens with zero attached hydrogens (tertiary/aromatic N) is 6. The first-order valence-electron chi connectivity index (χ1n) is 12.2. The normalized spacial score (nSPS) is 14.7. The molecule has 10 nitrogen and oxygen atoms in total. The number of nitrogens with two attached hydrogens (primary N) is 1. The fraction of sp³-hybridized carbons (Fsp3) is 0.423. The Morgan fingerprint density at radius 3 is 2.68 bits per heavy atom. The van der Waals surface area contributed by atoms with Crippen LogP contribution in [-0.4, -0.2) is 58.8 Å². The van der Waals surface area contributed by atoms with Crippen molar-refractivity contribution in [2.45, 2.75) is 46.6 Å². The van der Waals surface area contributed by atoms with Gasteiger partial charge < -0.3 is 20.7 Å². The number of amides is 1. The number of anilines is 1. The van der Waals surface area contributed by atoms with E-state index >= 15 is 0 Å². The van der Waals surface area contributed by atoms with Crippen molar-refractivity contribution in [2.24, 2.45) is 18.7 Å². The number of aromatic nitrogens is 5. The lowest BCUT2D eigenvalue weighted by molar-refractivity contribution is 0.0273. The van der Waals surface area contributed by atoms with E-state index in [0.717, 1.165) is 16.8 Å². The van der Waals surface area contributed by atoms with Crippen LogP contribution in [0.2, 0.25) is 0 Å². The van der Waals surface area contributed by atoms with Crippen LogP contribution in [0.3, 0.4) is 0 Å². The van der Waals surface area contributed by atoms with Crippen LogP contribution in [0.25, 0.3) is 22.5 Å². The third-order valence-corrected chi connectivity index (χ3v) is 6.05. The fourth-order valence-corrected chi connectivity index (χ4v) is 4.11. The minimum absolute atomic E-state index is 0.161. The summed E-state index contributed by atoms with van der Waals surface area (Å²) in [6.07, 6.45) is 11.6. The summed E-state index contributed by atoms with van der Waals surface area (Å²) < 4.78 is 9.31. The molecule has 0 spiro atoms. The first-order valence-corrected chi connectivity index (χ1v) is 12.6. The molecule has 0 saturated heterocycles. The van der Waals surface area contributed by atoms with E-state index in [4.69, 9.17) is 27.7 Å². The molecule has 1 aliphatic rings. The van der Waals surface area contributed by atoms with Crippen LogP contribution >= 0.6 is 12.2 Å². The van der Waals surface area contributed by atoms with Gasteiger partial charge in [-0.2, -0.15) is 5.10 Å². The first-order chi connectivity index (χ1) is 17.4. The average molecular weight is 523 g/mol. The minimum atomic E-state index is -0.566. The molecule has 0 saturated carbocycles. The summed E-state index contributed by atoms with van der Waals surface area (Å²) >= 11 is 5.56. The lowest BCUT2D eigenvalue weighted by Gasteiger charge is -2.30. The number of rotatable bonds is 5. The molecule has 3 aromatic heterocycles. The second-order valence-corrected chi connectivity index (χ2v) is 10.9. The van der Waals surface area contributed by atoms with Gasteiger partial charge in [-0.1, -0.05) is 32.1 Å². The summed E-state index contributed by atoms with van der Waals surface area (Å²) in [6, 6.07) is 0. The molecule has 0 atom stereocenters. The molecule has 0 unspecified atom stereocenters. The number of nitrogens with one attached hydrogen (secondary N) is 1. The maximum Gasteiger partial charge on any atom is 0.410 e. The van der Waals surface area contributed by atoms with E-state index in [1.165, 1.54) is 0 Å². The molecule has 4 rings (SSSR count). The maximum absolute atomic E-state index is 12.8. The standard InChI is InChI=1S/C26H34N8O2S/c1-16(2)19(27)10-22(37)31-23-24-28-12-21(18-11-29-32(6)13-18)34(24)15-20(30-23)17-8-7-9-33(14-17)25(35)36-26(3,4)5/h8,10-13,15-16H,7,9,14,27H2,1-6H3,(H,30,31,37). The van der Waals surface area contributed by atoms with Gasteiger partial charge in [-0.15, -0.1) is 0 Å².